The van der Waals surface area contributed by atoms with E-state index in [0.29, 0.717) is 17.2 Å². The van der Waals surface area contributed by atoms with Crippen LogP contribution in [0.2, 0.25) is 0 Å². The van der Waals surface area contributed by atoms with Gasteiger partial charge in [0.1, 0.15) is 0 Å². The van der Waals surface area contributed by atoms with Gasteiger partial charge in [0, 0.05) is 16.8 Å². The molecule has 17 heteroatoms. The van der Waals surface area contributed by atoms with Crippen LogP contribution in [0.1, 0.15) is 27.0 Å². The smallest absolute Gasteiger partial charge is 0.322 e. The van der Waals surface area contributed by atoms with Gasteiger partial charge in [0.15, 0.2) is 0 Å². The number of nitrogens with one attached hydrogen (secondary N) is 1. The highest BCUT2D eigenvalue weighted by atomic mass is 19.4. The Hall–Kier alpha value is -3.08. The first-order chi connectivity index (χ1) is 16.9. The zero-order valence-corrected chi connectivity index (χ0v) is 18.7. The number of benzene rings is 2. The van der Waals surface area contributed by atoms with Crippen molar-refractivity contribution in [2.45, 2.75) is 50.4 Å². The summed E-state index contributed by atoms with van der Waals surface area (Å²) in [6.07, 6.45) is -27.9. The molecule has 0 aliphatic carbocycles. The molecule has 212 valence electrons. The van der Waals surface area contributed by atoms with Gasteiger partial charge in [-0.3, -0.25) is 4.79 Å². The Kier molecular flexibility index (Phi) is 8.12. The number of aryl methyl sites for hydroxylation is 2. The maximum absolute atomic E-state index is 14.4. The molecule has 2 rings (SSSR count). The summed E-state index contributed by atoms with van der Waals surface area (Å²) >= 11 is 0. The van der Waals surface area contributed by atoms with Crippen molar-refractivity contribution < 1.29 is 71.3 Å². The zero-order valence-electron chi connectivity index (χ0n) is 18.7. The van der Waals surface area contributed by atoms with E-state index in [-0.39, 0.29) is 17.7 Å². The van der Waals surface area contributed by atoms with Crippen LogP contribution in [0.4, 0.5) is 62.8 Å². The molecule has 0 spiro atoms. The van der Waals surface area contributed by atoms with E-state index in [1.165, 1.54) is 12.1 Å². The quantitative estimate of drug-likeness (QED) is 0.313. The van der Waals surface area contributed by atoms with Crippen molar-refractivity contribution in [1.82, 2.24) is 0 Å². The van der Waals surface area contributed by atoms with E-state index >= 15 is 0 Å². The van der Waals surface area contributed by atoms with Gasteiger partial charge in [0.05, 0.1) is 0 Å². The summed E-state index contributed by atoms with van der Waals surface area (Å²) < 4.78 is 176. The lowest BCUT2D eigenvalue weighted by molar-refractivity contribution is -0.535. The number of hydrogen-bond donors (Lipinski definition) is 1. The third-order valence-electron chi connectivity index (χ3n) is 4.56. The number of anilines is 1. The number of hydrogen-bond acceptors (Lipinski definition) is 3. The molecule has 0 saturated heterocycles. The van der Waals surface area contributed by atoms with Gasteiger partial charge >= 0.3 is 36.5 Å². The average Bonchev–Trinajstić information content (AvgIpc) is 2.70. The molecule has 1 N–H and O–H groups in total. The molecule has 0 heterocycles. The lowest BCUT2D eigenvalue weighted by Crippen LogP contribution is -2.61. The lowest BCUT2D eigenvalue weighted by Gasteiger charge is -2.35. The maximum Gasteiger partial charge on any atom is 0.527 e. The van der Waals surface area contributed by atoms with E-state index < -0.39 is 53.7 Å². The number of carbonyl (C=O) groups is 1. The molecule has 0 aliphatic heterocycles. The van der Waals surface area contributed by atoms with Gasteiger partial charge in [0.2, 0.25) is 0 Å². The normalized spacial score (nSPS) is 14.0. The summed E-state index contributed by atoms with van der Waals surface area (Å²) in [6, 6.07) is 6.15. The predicted octanol–water partition coefficient (Wildman–Crippen LogP) is 7.61. The SMILES string of the molecule is Cc1cc(C)cc(C(=O)Nc2cccc(C(F)(F)C(F)(F)OC(F)(F)C(F)(F)C(F)(F)OC(F)(F)F)c2)c1. The number of rotatable bonds is 9. The van der Waals surface area contributed by atoms with Crippen molar-refractivity contribution >= 4 is 11.6 Å². The molecule has 4 nitrogen and oxygen atoms in total. The van der Waals surface area contributed by atoms with Gasteiger partial charge in [0.25, 0.3) is 5.91 Å². The molecule has 1 amide bonds. The summed E-state index contributed by atoms with van der Waals surface area (Å²) in [5, 5.41) is 2.04. The van der Waals surface area contributed by atoms with Gasteiger partial charge in [-0.25, -0.2) is 9.47 Å². The third-order valence-corrected chi connectivity index (χ3v) is 4.56. The molecule has 0 unspecified atom stereocenters. The minimum absolute atomic E-state index is 0.00259. The minimum Gasteiger partial charge on any atom is -0.322 e. The second kappa shape index (κ2) is 9.91. The number of ether oxygens (including phenoxy) is 2. The highest BCUT2D eigenvalue weighted by molar-refractivity contribution is 6.04. The first-order valence-electron chi connectivity index (χ1n) is 9.78. The molecule has 0 aliphatic rings. The van der Waals surface area contributed by atoms with E-state index in [0.717, 1.165) is 6.07 Å². The summed E-state index contributed by atoms with van der Waals surface area (Å²) in [7, 11) is 0. The fourth-order valence-electron chi connectivity index (χ4n) is 2.94. The summed E-state index contributed by atoms with van der Waals surface area (Å²) in [4.78, 5) is 12.4. The van der Waals surface area contributed by atoms with Crippen LogP contribution in [0.5, 0.6) is 0 Å². The molecule has 0 aromatic heterocycles. The van der Waals surface area contributed by atoms with Crippen molar-refractivity contribution in [2.75, 3.05) is 5.32 Å². The fraction of sp³-hybridized carbons (Fsp3) is 0.381. The Morgan fingerprint density at radius 3 is 1.68 bits per heavy atom. The highest BCUT2D eigenvalue weighted by Gasteiger charge is 2.80. The Balaban J connectivity index is 2.35. The van der Waals surface area contributed by atoms with Crippen molar-refractivity contribution in [3.63, 3.8) is 0 Å². The molecule has 0 radical (unpaired) electrons. The standard InChI is InChI=1S/C21H14F13NO3/c1-10-6-11(2)8-12(7-10)15(36)35-14-5-3-4-13(9-14)16(22,23)18(26,27)37-19(28,29)17(24,25)20(30,31)38-21(32,33)34/h3-9H,1-2H3,(H,35,36). The molecule has 38 heavy (non-hydrogen) atoms. The largest absolute Gasteiger partial charge is 0.527 e. The van der Waals surface area contributed by atoms with Crippen LogP contribution in [-0.2, 0) is 15.4 Å². The second-order valence-corrected chi connectivity index (χ2v) is 7.76. The molecular weight excluding hydrogens is 561 g/mol. The number of carbonyl (C=O) groups excluding carboxylic acids is 1. The molecular formula is C21H14F13NO3. The number of amides is 1. The van der Waals surface area contributed by atoms with Crippen molar-refractivity contribution in [1.29, 1.82) is 0 Å². The van der Waals surface area contributed by atoms with Crippen LogP contribution in [-0.4, -0.2) is 36.5 Å². The van der Waals surface area contributed by atoms with E-state index in [2.05, 4.69) is 0 Å². The van der Waals surface area contributed by atoms with Crippen LogP contribution in [0.25, 0.3) is 0 Å². The first kappa shape index (κ1) is 31.1. The Bertz CT molecular complexity index is 1160. The van der Waals surface area contributed by atoms with Gasteiger partial charge in [-0.2, -0.15) is 43.9 Å². The second-order valence-electron chi connectivity index (χ2n) is 7.76. The minimum atomic E-state index is -7.52. The Morgan fingerprint density at radius 2 is 1.18 bits per heavy atom. The average molecular weight is 575 g/mol. The van der Waals surface area contributed by atoms with Crippen LogP contribution in [0, 0.1) is 13.8 Å². The van der Waals surface area contributed by atoms with E-state index in [9.17, 15) is 61.9 Å². The molecule has 0 atom stereocenters. The predicted molar refractivity (Wildman–Crippen MR) is 102 cm³/mol. The van der Waals surface area contributed by atoms with E-state index in [1.54, 1.807) is 24.7 Å². The number of halogens is 13. The van der Waals surface area contributed by atoms with Crippen LogP contribution in [0.15, 0.2) is 42.5 Å². The van der Waals surface area contributed by atoms with Crippen LogP contribution < -0.4 is 5.32 Å². The van der Waals surface area contributed by atoms with Gasteiger partial charge in [-0.1, -0.05) is 29.3 Å². The third kappa shape index (κ3) is 6.48. The highest BCUT2D eigenvalue weighted by Crippen LogP contribution is 2.54. The molecule has 0 fully saturated rings. The van der Waals surface area contributed by atoms with Gasteiger partial charge in [-0.05, 0) is 38.1 Å². The Labute approximate surface area is 204 Å². The van der Waals surface area contributed by atoms with Crippen molar-refractivity contribution in [2.24, 2.45) is 0 Å². The lowest BCUT2D eigenvalue weighted by atomic mass is 10.1. The Morgan fingerprint density at radius 1 is 0.684 bits per heavy atom. The molecule has 2 aromatic carbocycles. The summed E-state index contributed by atoms with van der Waals surface area (Å²) in [6.45, 7) is 3.22. The summed E-state index contributed by atoms with van der Waals surface area (Å²) in [5.74, 6) is -14.4. The fourth-order valence-corrected chi connectivity index (χ4v) is 2.94. The number of alkyl halides is 13. The van der Waals surface area contributed by atoms with Crippen molar-refractivity contribution in [3.05, 3.63) is 64.7 Å². The molecule has 0 bridgehead atoms. The first-order valence-corrected chi connectivity index (χ1v) is 9.78. The monoisotopic (exact) mass is 575 g/mol. The summed E-state index contributed by atoms with van der Waals surface area (Å²) in [5.41, 5.74) is -1.34. The van der Waals surface area contributed by atoms with Crippen molar-refractivity contribution in [3.8, 4) is 0 Å². The zero-order chi connectivity index (χ0) is 29.5. The molecule has 2 aromatic rings. The molecule has 0 saturated carbocycles. The van der Waals surface area contributed by atoms with E-state index in [4.69, 9.17) is 0 Å². The van der Waals surface area contributed by atoms with Crippen LogP contribution >= 0.6 is 0 Å². The topological polar surface area (TPSA) is 47.6 Å². The van der Waals surface area contributed by atoms with Crippen LogP contribution in [0.3, 0.4) is 0 Å². The van der Waals surface area contributed by atoms with Gasteiger partial charge < -0.3 is 5.32 Å². The van der Waals surface area contributed by atoms with E-state index in [1.807, 2.05) is 10.1 Å². The van der Waals surface area contributed by atoms with Gasteiger partial charge in [-0.15, -0.1) is 13.2 Å². The maximum atomic E-state index is 14.4.